The summed E-state index contributed by atoms with van der Waals surface area (Å²) in [6.45, 7) is 10.2. The molecule has 34 heavy (non-hydrogen) atoms. The molecule has 0 atom stereocenters. The molecule has 0 spiro atoms. The highest BCUT2D eigenvalue weighted by atomic mass is 32.2. The van der Waals surface area contributed by atoms with Gasteiger partial charge in [-0.2, -0.15) is 0 Å². The fourth-order valence-electron chi connectivity index (χ4n) is 3.79. The molecule has 1 aliphatic rings. The van der Waals surface area contributed by atoms with E-state index in [1.54, 1.807) is 0 Å². The Bertz CT molecular complexity index is 1340. The van der Waals surface area contributed by atoms with Gasteiger partial charge in [0.2, 0.25) is 6.79 Å². The number of ether oxygens (including phenoxy) is 2. The summed E-state index contributed by atoms with van der Waals surface area (Å²) < 4.78 is 19.3. The molecule has 1 aliphatic heterocycles. The smallest absolute Gasteiger partial charge is 0.231 e. The molecule has 3 aromatic heterocycles. The van der Waals surface area contributed by atoms with Crippen molar-refractivity contribution < 1.29 is 13.9 Å². The molecule has 4 aromatic rings. The number of fused-ring (bicyclic) bond motifs is 2. The zero-order valence-corrected chi connectivity index (χ0v) is 20.5. The third-order valence-electron chi connectivity index (χ3n) is 5.42. The number of furan rings is 1. The van der Waals surface area contributed by atoms with Crippen LogP contribution in [0.5, 0.6) is 11.5 Å². The summed E-state index contributed by atoms with van der Waals surface area (Å²) in [6, 6.07) is 7.83. The lowest BCUT2D eigenvalue weighted by atomic mass is 10.1. The number of hydrogen-bond donors (Lipinski definition) is 2. The van der Waals surface area contributed by atoms with Gasteiger partial charge in [0.1, 0.15) is 17.8 Å². The van der Waals surface area contributed by atoms with Crippen LogP contribution in [-0.2, 0) is 6.54 Å². The zero-order valence-electron chi connectivity index (χ0n) is 19.7. The highest BCUT2D eigenvalue weighted by Gasteiger charge is 2.23. The molecule has 1 aromatic carbocycles. The molecule has 0 saturated carbocycles. The molecule has 0 fully saturated rings. The van der Waals surface area contributed by atoms with Gasteiger partial charge < -0.3 is 29.5 Å². The second kappa shape index (κ2) is 8.84. The maximum atomic E-state index is 6.14. The maximum absolute atomic E-state index is 6.14. The van der Waals surface area contributed by atoms with E-state index in [-0.39, 0.29) is 12.3 Å². The third-order valence-corrected chi connectivity index (χ3v) is 6.47. The summed E-state index contributed by atoms with van der Waals surface area (Å²) in [7, 11) is 0. The maximum Gasteiger partial charge on any atom is 0.231 e. The molecule has 0 saturated heterocycles. The SMILES string of the molecule is Cc1ccc(-c2cc3c(cc2Sc2nc4c(N)ncnc4n2CCCNC(C)(C)C)OCO3)o1. The van der Waals surface area contributed by atoms with E-state index in [1.165, 1.54) is 18.1 Å². The van der Waals surface area contributed by atoms with E-state index in [9.17, 15) is 0 Å². The zero-order chi connectivity index (χ0) is 23.9. The summed E-state index contributed by atoms with van der Waals surface area (Å²) in [6.07, 6.45) is 2.39. The fourth-order valence-corrected chi connectivity index (χ4v) is 4.85. The van der Waals surface area contributed by atoms with Crippen LogP contribution in [0.25, 0.3) is 22.5 Å². The van der Waals surface area contributed by atoms with Crippen molar-refractivity contribution in [3.05, 3.63) is 36.4 Å². The standard InChI is InChI=1S/C24H28N6O3S/c1-14-6-7-16(33-14)15-10-17-18(32-13-31-17)11-19(15)34-23-29-20-21(25)26-12-27-22(20)30(23)9-5-8-28-24(2,3)4/h6-7,10-12,28H,5,8-9,13H2,1-4H3,(H2,25,26,27). The summed E-state index contributed by atoms with van der Waals surface area (Å²) in [5, 5.41) is 4.31. The van der Waals surface area contributed by atoms with E-state index in [1.807, 2.05) is 31.2 Å². The van der Waals surface area contributed by atoms with E-state index in [0.717, 1.165) is 52.3 Å². The van der Waals surface area contributed by atoms with Crippen LogP contribution in [0.3, 0.4) is 0 Å². The van der Waals surface area contributed by atoms with Gasteiger partial charge in [-0.1, -0.05) is 11.8 Å². The first-order chi connectivity index (χ1) is 16.3. The van der Waals surface area contributed by atoms with Crippen LogP contribution in [0.2, 0.25) is 0 Å². The van der Waals surface area contributed by atoms with Gasteiger partial charge in [-0.3, -0.25) is 0 Å². The molecule has 0 aliphatic carbocycles. The van der Waals surface area contributed by atoms with Gasteiger partial charge in [-0.05, 0) is 64.9 Å². The summed E-state index contributed by atoms with van der Waals surface area (Å²) in [5.74, 6) is 3.36. The quantitative estimate of drug-likeness (QED) is 0.365. The summed E-state index contributed by atoms with van der Waals surface area (Å²) in [5.41, 5.74) is 8.44. The summed E-state index contributed by atoms with van der Waals surface area (Å²) in [4.78, 5) is 14.4. The van der Waals surface area contributed by atoms with Crippen LogP contribution < -0.4 is 20.5 Å². The van der Waals surface area contributed by atoms with Crippen LogP contribution in [-0.4, -0.2) is 38.4 Å². The van der Waals surface area contributed by atoms with E-state index in [2.05, 4.69) is 40.6 Å². The van der Waals surface area contributed by atoms with Crippen LogP contribution in [0.1, 0.15) is 33.0 Å². The Balaban J connectivity index is 1.53. The number of anilines is 1. The Morgan fingerprint density at radius 1 is 1.15 bits per heavy atom. The van der Waals surface area contributed by atoms with Crippen molar-refractivity contribution in [1.82, 2.24) is 24.8 Å². The van der Waals surface area contributed by atoms with Gasteiger partial charge in [0.25, 0.3) is 0 Å². The number of aromatic nitrogens is 4. The van der Waals surface area contributed by atoms with Crippen LogP contribution in [0.4, 0.5) is 5.82 Å². The van der Waals surface area contributed by atoms with Gasteiger partial charge in [-0.15, -0.1) is 0 Å². The number of nitrogens with one attached hydrogen (secondary N) is 1. The number of nitrogen functional groups attached to an aromatic ring is 1. The monoisotopic (exact) mass is 480 g/mol. The van der Waals surface area contributed by atoms with Crippen molar-refractivity contribution in [3.63, 3.8) is 0 Å². The van der Waals surface area contributed by atoms with Crippen molar-refractivity contribution in [2.45, 2.75) is 56.3 Å². The minimum atomic E-state index is 0.0593. The average molecular weight is 481 g/mol. The summed E-state index contributed by atoms with van der Waals surface area (Å²) >= 11 is 1.52. The lowest BCUT2D eigenvalue weighted by Gasteiger charge is -2.20. The van der Waals surface area contributed by atoms with E-state index < -0.39 is 0 Å². The van der Waals surface area contributed by atoms with Gasteiger partial charge in [0.05, 0.1) is 0 Å². The molecule has 0 amide bonds. The molecule has 3 N–H and O–H groups in total. The molecule has 9 nitrogen and oxygen atoms in total. The number of benzene rings is 1. The molecule has 4 heterocycles. The first-order valence-electron chi connectivity index (χ1n) is 11.2. The number of nitrogens with two attached hydrogens (primary N) is 1. The molecule has 0 radical (unpaired) electrons. The van der Waals surface area contributed by atoms with Crippen molar-refractivity contribution in [2.75, 3.05) is 19.1 Å². The molecule has 5 rings (SSSR count). The Labute approximate surface area is 202 Å². The minimum Gasteiger partial charge on any atom is -0.461 e. The normalized spacial score (nSPS) is 13.2. The largest absolute Gasteiger partial charge is 0.461 e. The fraction of sp³-hybridized carbons (Fsp3) is 0.375. The predicted octanol–water partition coefficient (Wildman–Crippen LogP) is 4.64. The second-order valence-electron chi connectivity index (χ2n) is 9.22. The van der Waals surface area contributed by atoms with Crippen LogP contribution in [0, 0.1) is 6.92 Å². The van der Waals surface area contributed by atoms with Crippen molar-refractivity contribution in [3.8, 4) is 22.8 Å². The van der Waals surface area contributed by atoms with Crippen LogP contribution in [0.15, 0.2) is 45.1 Å². The highest BCUT2D eigenvalue weighted by Crippen LogP contribution is 2.45. The number of hydrogen-bond acceptors (Lipinski definition) is 9. The first kappa shape index (κ1) is 22.5. The molecular weight excluding hydrogens is 452 g/mol. The number of aryl methyl sites for hydroxylation is 2. The lowest BCUT2D eigenvalue weighted by molar-refractivity contribution is 0.174. The van der Waals surface area contributed by atoms with Gasteiger partial charge in [0, 0.05) is 22.5 Å². The molecule has 178 valence electrons. The number of nitrogens with zero attached hydrogens (tertiary/aromatic N) is 4. The van der Waals surface area contributed by atoms with E-state index >= 15 is 0 Å². The van der Waals surface area contributed by atoms with Gasteiger partial charge in [0.15, 0.2) is 33.6 Å². The highest BCUT2D eigenvalue weighted by molar-refractivity contribution is 7.99. The first-order valence-corrected chi connectivity index (χ1v) is 12.0. The van der Waals surface area contributed by atoms with Gasteiger partial charge in [-0.25, -0.2) is 15.0 Å². The molecule has 0 bridgehead atoms. The van der Waals surface area contributed by atoms with Crippen molar-refractivity contribution >= 4 is 28.7 Å². The Morgan fingerprint density at radius 2 is 1.94 bits per heavy atom. The molecular formula is C24H28N6O3S. The van der Waals surface area contributed by atoms with Crippen molar-refractivity contribution in [1.29, 1.82) is 0 Å². The molecule has 10 heteroatoms. The Kier molecular flexibility index (Phi) is 5.86. The third kappa shape index (κ3) is 4.55. The van der Waals surface area contributed by atoms with Gasteiger partial charge >= 0.3 is 0 Å². The topological polar surface area (TPSA) is 113 Å². The number of rotatable bonds is 7. The predicted molar refractivity (Wildman–Crippen MR) is 131 cm³/mol. The minimum absolute atomic E-state index is 0.0593. The van der Waals surface area contributed by atoms with E-state index in [4.69, 9.17) is 24.6 Å². The Hall–Kier alpha value is -3.24. The van der Waals surface area contributed by atoms with Crippen molar-refractivity contribution in [2.24, 2.45) is 0 Å². The Morgan fingerprint density at radius 3 is 2.68 bits per heavy atom. The lowest BCUT2D eigenvalue weighted by Crippen LogP contribution is -2.36. The average Bonchev–Trinajstić information content (AvgIpc) is 3.49. The van der Waals surface area contributed by atoms with E-state index in [0.29, 0.717) is 22.8 Å². The number of imidazole rings is 1. The molecule has 0 unspecified atom stereocenters. The second-order valence-corrected chi connectivity index (χ2v) is 10.2. The van der Waals surface area contributed by atoms with Crippen LogP contribution >= 0.6 is 11.8 Å².